The average Bonchev–Trinajstić information content (AvgIpc) is 2.98. The summed E-state index contributed by atoms with van der Waals surface area (Å²) >= 11 is 0. The van der Waals surface area contributed by atoms with Gasteiger partial charge in [-0.1, -0.05) is 18.2 Å². The lowest BCUT2D eigenvalue weighted by Crippen LogP contribution is -2.46. The smallest absolute Gasteiger partial charge is 0.217 e. The summed E-state index contributed by atoms with van der Waals surface area (Å²) in [4.78, 5) is 17.7. The maximum absolute atomic E-state index is 11.2. The van der Waals surface area contributed by atoms with Gasteiger partial charge in [-0.05, 0) is 30.9 Å². The molecule has 136 valence electrons. The van der Waals surface area contributed by atoms with Gasteiger partial charge in [-0.25, -0.2) is 0 Å². The molecular weight excluding hydrogens is 431 g/mol. The number of guanidine groups is 1. The van der Waals surface area contributed by atoms with E-state index in [9.17, 15) is 4.79 Å². The Morgan fingerprint density at radius 3 is 2.96 bits per heavy atom. The summed E-state index contributed by atoms with van der Waals surface area (Å²) in [6.45, 7) is 2.33. The van der Waals surface area contributed by atoms with E-state index in [-0.39, 0.29) is 29.9 Å². The summed E-state index contributed by atoms with van der Waals surface area (Å²) in [5, 5.41) is 4.46. The molecule has 0 aliphatic carbocycles. The van der Waals surface area contributed by atoms with Crippen molar-refractivity contribution in [3.63, 3.8) is 0 Å². The number of hydrogen-bond acceptors (Lipinski definition) is 3. The third-order valence-electron chi connectivity index (χ3n) is 4.42. The zero-order chi connectivity index (χ0) is 16.9. The number of rotatable bonds is 4. The van der Waals surface area contributed by atoms with Gasteiger partial charge in [0, 0.05) is 31.9 Å². The minimum Gasteiger partial charge on any atom is -0.459 e. The van der Waals surface area contributed by atoms with Crippen LogP contribution in [0.5, 0.6) is 0 Å². The van der Waals surface area contributed by atoms with Crippen molar-refractivity contribution in [2.75, 3.05) is 20.1 Å². The lowest BCUT2D eigenvalue weighted by molar-refractivity contribution is -0.119. The summed E-state index contributed by atoms with van der Waals surface area (Å²) in [6, 6.07) is 10.0. The third kappa shape index (κ3) is 5.10. The van der Waals surface area contributed by atoms with Gasteiger partial charge in [0.05, 0.1) is 6.54 Å². The zero-order valence-corrected chi connectivity index (χ0v) is 16.7. The molecule has 7 heteroatoms. The van der Waals surface area contributed by atoms with Crippen LogP contribution in [0.1, 0.15) is 25.0 Å². The quantitative estimate of drug-likeness (QED) is 0.421. The van der Waals surface area contributed by atoms with Crippen molar-refractivity contribution >= 4 is 46.8 Å². The van der Waals surface area contributed by atoms with E-state index in [4.69, 9.17) is 10.2 Å². The predicted octanol–water partition coefficient (Wildman–Crippen LogP) is 2.71. The summed E-state index contributed by atoms with van der Waals surface area (Å²) in [6.07, 6.45) is 2.53. The topological polar surface area (TPSA) is 83.9 Å². The van der Waals surface area contributed by atoms with Crippen LogP contribution in [0.2, 0.25) is 0 Å². The molecule has 1 amide bonds. The number of carbonyl (C=O) groups is 1. The molecule has 1 saturated heterocycles. The molecule has 2 aromatic rings. The number of primary amides is 1. The Hall–Kier alpha value is -1.77. The highest BCUT2D eigenvalue weighted by molar-refractivity contribution is 14.0. The third-order valence-corrected chi connectivity index (χ3v) is 4.42. The molecule has 1 aliphatic heterocycles. The maximum Gasteiger partial charge on any atom is 0.217 e. The van der Waals surface area contributed by atoms with Crippen LogP contribution in [-0.4, -0.2) is 36.9 Å². The molecule has 1 aromatic heterocycles. The second-order valence-electron chi connectivity index (χ2n) is 6.28. The van der Waals surface area contributed by atoms with E-state index in [1.165, 1.54) is 0 Å². The maximum atomic E-state index is 11.2. The molecule has 3 N–H and O–H groups in total. The van der Waals surface area contributed by atoms with Gasteiger partial charge in [0.25, 0.3) is 0 Å². The summed E-state index contributed by atoms with van der Waals surface area (Å²) in [7, 11) is 1.78. The first-order chi connectivity index (χ1) is 11.7. The molecule has 1 fully saturated rings. The van der Waals surface area contributed by atoms with Gasteiger partial charge in [0.15, 0.2) is 5.96 Å². The Balaban J connectivity index is 0.00000225. The number of para-hydroxylation sites is 1. The van der Waals surface area contributed by atoms with Crippen molar-refractivity contribution in [1.82, 2.24) is 10.2 Å². The number of carbonyl (C=O) groups excluding carboxylic acids is 1. The Labute approximate surface area is 164 Å². The second-order valence-corrected chi connectivity index (χ2v) is 6.28. The fourth-order valence-electron chi connectivity index (χ4n) is 3.33. The molecule has 6 nitrogen and oxygen atoms in total. The number of likely N-dealkylation sites (tertiary alicyclic amines) is 1. The number of fused-ring (bicyclic) bond motifs is 1. The van der Waals surface area contributed by atoms with Crippen molar-refractivity contribution < 1.29 is 9.21 Å². The molecule has 0 saturated carbocycles. The first-order valence-electron chi connectivity index (χ1n) is 8.37. The molecule has 3 rings (SSSR count). The van der Waals surface area contributed by atoms with Crippen molar-refractivity contribution in [2.45, 2.75) is 25.8 Å². The fourth-order valence-corrected chi connectivity index (χ4v) is 3.33. The molecule has 0 spiro atoms. The van der Waals surface area contributed by atoms with Crippen molar-refractivity contribution in [3.8, 4) is 0 Å². The number of benzene rings is 1. The molecule has 0 bridgehead atoms. The molecule has 1 atom stereocenters. The number of nitrogens with one attached hydrogen (secondary N) is 1. The molecule has 1 unspecified atom stereocenters. The minimum atomic E-state index is -0.230. The normalized spacial score (nSPS) is 18.0. The number of nitrogens with zero attached hydrogens (tertiary/aromatic N) is 2. The molecule has 1 aromatic carbocycles. The number of furan rings is 1. The van der Waals surface area contributed by atoms with Crippen LogP contribution in [0.25, 0.3) is 11.0 Å². The van der Waals surface area contributed by atoms with Gasteiger partial charge in [-0.2, -0.15) is 0 Å². The van der Waals surface area contributed by atoms with Crippen LogP contribution in [0, 0.1) is 5.92 Å². The first-order valence-corrected chi connectivity index (χ1v) is 8.37. The highest BCUT2D eigenvalue weighted by atomic mass is 127. The van der Waals surface area contributed by atoms with E-state index in [0.29, 0.717) is 18.9 Å². The van der Waals surface area contributed by atoms with Gasteiger partial charge in [-0.3, -0.25) is 9.79 Å². The van der Waals surface area contributed by atoms with Crippen molar-refractivity contribution in [3.05, 3.63) is 36.1 Å². The van der Waals surface area contributed by atoms with Crippen LogP contribution in [0.4, 0.5) is 0 Å². The van der Waals surface area contributed by atoms with E-state index in [1.54, 1.807) is 7.05 Å². The largest absolute Gasteiger partial charge is 0.459 e. The van der Waals surface area contributed by atoms with E-state index in [0.717, 1.165) is 48.6 Å². The summed E-state index contributed by atoms with van der Waals surface area (Å²) in [5.74, 6) is 1.79. The molecule has 25 heavy (non-hydrogen) atoms. The second kappa shape index (κ2) is 9.07. The van der Waals surface area contributed by atoms with E-state index in [2.05, 4.69) is 15.2 Å². The highest BCUT2D eigenvalue weighted by Gasteiger charge is 2.23. The van der Waals surface area contributed by atoms with Crippen LogP contribution in [0.15, 0.2) is 39.7 Å². The first kappa shape index (κ1) is 19.6. The molecule has 0 radical (unpaired) electrons. The predicted molar refractivity (Wildman–Crippen MR) is 110 cm³/mol. The van der Waals surface area contributed by atoms with E-state index < -0.39 is 0 Å². The van der Waals surface area contributed by atoms with Gasteiger partial charge in [0.1, 0.15) is 11.3 Å². The number of hydrogen-bond donors (Lipinski definition) is 2. The Morgan fingerprint density at radius 2 is 2.24 bits per heavy atom. The lowest BCUT2D eigenvalue weighted by atomic mass is 9.95. The van der Waals surface area contributed by atoms with Crippen LogP contribution >= 0.6 is 24.0 Å². The highest BCUT2D eigenvalue weighted by Crippen LogP contribution is 2.20. The number of amides is 1. The van der Waals surface area contributed by atoms with Gasteiger partial charge in [-0.15, -0.1) is 24.0 Å². The van der Waals surface area contributed by atoms with E-state index in [1.807, 2.05) is 30.3 Å². The van der Waals surface area contributed by atoms with Crippen molar-refractivity contribution in [1.29, 1.82) is 0 Å². The van der Waals surface area contributed by atoms with E-state index >= 15 is 0 Å². The van der Waals surface area contributed by atoms with Crippen LogP contribution < -0.4 is 11.1 Å². The molecule has 1 aliphatic rings. The molecular formula is C18H25IN4O2. The number of piperidine rings is 1. The van der Waals surface area contributed by atoms with Gasteiger partial charge in [0.2, 0.25) is 5.91 Å². The van der Waals surface area contributed by atoms with Gasteiger partial charge >= 0.3 is 0 Å². The number of halogens is 1. The number of nitrogens with two attached hydrogens (primary N) is 1. The zero-order valence-electron chi connectivity index (χ0n) is 14.4. The summed E-state index contributed by atoms with van der Waals surface area (Å²) in [5.41, 5.74) is 6.23. The van der Waals surface area contributed by atoms with Crippen molar-refractivity contribution in [2.24, 2.45) is 16.6 Å². The average molecular weight is 456 g/mol. The Bertz CT molecular complexity index is 711. The Kier molecular flexibility index (Phi) is 7.10. The standard InChI is InChI=1S/C18H24N4O2.HI/c1-20-18(22-8-4-5-13(12-22)9-17(19)23)21-11-15-10-14-6-2-3-7-16(14)24-15;/h2-3,6-7,10,13H,4-5,8-9,11-12H2,1H3,(H2,19,23)(H,20,21);1H. The summed E-state index contributed by atoms with van der Waals surface area (Å²) < 4.78 is 5.83. The lowest BCUT2D eigenvalue weighted by Gasteiger charge is -2.34. The molecule has 2 heterocycles. The monoisotopic (exact) mass is 456 g/mol. The SMILES string of the molecule is CN=C(NCc1cc2ccccc2o1)N1CCCC(CC(N)=O)C1.I. The number of aliphatic imine (C=N–C) groups is 1. The fraction of sp³-hybridized carbons (Fsp3) is 0.444. The Morgan fingerprint density at radius 1 is 1.44 bits per heavy atom. The van der Waals surface area contributed by atoms with Crippen LogP contribution in [-0.2, 0) is 11.3 Å². The van der Waals surface area contributed by atoms with Crippen LogP contribution in [0.3, 0.4) is 0 Å². The minimum absolute atomic E-state index is 0. The van der Waals surface area contributed by atoms with Gasteiger partial charge < -0.3 is 20.4 Å².